The second-order valence-corrected chi connectivity index (χ2v) is 8.09. The molecule has 0 saturated heterocycles. The Hall–Kier alpha value is -2.78. The van der Waals surface area contributed by atoms with Crippen molar-refractivity contribution in [3.05, 3.63) is 47.2 Å². The van der Waals surface area contributed by atoms with Gasteiger partial charge >= 0.3 is 5.97 Å². The van der Waals surface area contributed by atoms with Gasteiger partial charge in [-0.05, 0) is 43.2 Å². The first-order valence-corrected chi connectivity index (χ1v) is 9.82. The van der Waals surface area contributed by atoms with E-state index in [4.69, 9.17) is 28.2 Å². The summed E-state index contributed by atoms with van der Waals surface area (Å²) in [6, 6.07) is 9.01. The molecule has 0 amide bonds. The minimum Gasteiger partial charge on any atom is -0.481 e. The van der Waals surface area contributed by atoms with Crippen LogP contribution >= 0.6 is 11.6 Å². The number of carboxylic acid groups (broad SMARTS) is 1. The Kier molecular flexibility index (Phi) is 4.99. The molecule has 8 nitrogen and oxygen atoms in total. The molecule has 0 aliphatic heterocycles. The lowest BCUT2D eigenvalue weighted by molar-refractivity contribution is -0.137. The van der Waals surface area contributed by atoms with Gasteiger partial charge in [-0.1, -0.05) is 17.7 Å². The minimum atomic E-state index is -4.09. The highest BCUT2D eigenvalue weighted by Gasteiger charge is 2.26. The van der Waals surface area contributed by atoms with Crippen molar-refractivity contribution in [1.82, 2.24) is 8.96 Å². The molecule has 27 heavy (non-hydrogen) atoms. The van der Waals surface area contributed by atoms with Gasteiger partial charge in [0.05, 0.1) is 22.4 Å². The molecule has 0 bridgehead atoms. The van der Waals surface area contributed by atoms with E-state index in [9.17, 15) is 13.2 Å². The molecule has 0 aliphatic rings. The summed E-state index contributed by atoms with van der Waals surface area (Å²) in [6.45, 7) is 0. The number of anilines is 2. The summed E-state index contributed by atoms with van der Waals surface area (Å²) in [4.78, 5) is 14.8. The van der Waals surface area contributed by atoms with Gasteiger partial charge in [-0.25, -0.2) is 17.4 Å². The fraction of sp³-hybridized carbons (Fsp3) is 0.176. The van der Waals surface area contributed by atoms with E-state index in [-0.39, 0.29) is 40.7 Å². The Labute approximate surface area is 160 Å². The van der Waals surface area contributed by atoms with Crippen molar-refractivity contribution in [2.24, 2.45) is 0 Å². The molecule has 0 radical (unpaired) electrons. The number of para-hydroxylation sites is 1. The average Bonchev–Trinajstić information content (AvgIpc) is 2.94. The number of carbonyl (C=O) groups is 1. The van der Waals surface area contributed by atoms with Crippen molar-refractivity contribution >= 4 is 50.0 Å². The van der Waals surface area contributed by atoms with Gasteiger partial charge in [-0.15, -0.1) is 0 Å². The van der Waals surface area contributed by atoms with Crippen LogP contribution in [0.1, 0.15) is 18.5 Å². The number of hydrogen-bond donors (Lipinski definition) is 3. The predicted molar refractivity (Wildman–Crippen MR) is 103 cm³/mol. The lowest BCUT2D eigenvalue weighted by Gasteiger charge is -2.14. The standard InChI is InChI=1S/C17H17ClN4O4S/c18-15-8-7-13-12(21-15)9-10(3-1-6-16(23)24)22(13)27(25,26)14-5-2-4-11(19)17(14)20/h2,4-5,7-9H,1,3,6,19-20H2,(H,23,24). The average molecular weight is 409 g/mol. The zero-order valence-electron chi connectivity index (χ0n) is 14.1. The Bertz CT molecular complexity index is 1140. The molecule has 3 aromatic rings. The van der Waals surface area contributed by atoms with Crippen LogP contribution in [0.15, 0.2) is 41.3 Å². The number of nitrogens with zero attached hydrogens (tertiary/aromatic N) is 2. The maximum absolute atomic E-state index is 13.3. The van der Waals surface area contributed by atoms with Crippen molar-refractivity contribution in [2.45, 2.75) is 24.2 Å². The largest absolute Gasteiger partial charge is 0.481 e. The number of rotatable bonds is 6. The van der Waals surface area contributed by atoms with Crippen LogP contribution in [0, 0.1) is 0 Å². The normalized spacial score (nSPS) is 11.7. The van der Waals surface area contributed by atoms with Gasteiger partial charge in [-0.3, -0.25) is 4.79 Å². The zero-order chi connectivity index (χ0) is 19.8. The quantitative estimate of drug-likeness (QED) is 0.420. The van der Waals surface area contributed by atoms with Crippen molar-refractivity contribution in [1.29, 1.82) is 0 Å². The first-order chi connectivity index (χ1) is 12.7. The van der Waals surface area contributed by atoms with E-state index in [2.05, 4.69) is 4.98 Å². The number of hydrogen-bond acceptors (Lipinski definition) is 6. The van der Waals surface area contributed by atoms with Crippen molar-refractivity contribution in [3.63, 3.8) is 0 Å². The topological polar surface area (TPSA) is 141 Å². The van der Waals surface area contributed by atoms with Crippen LogP contribution in [0.2, 0.25) is 5.15 Å². The molecule has 3 rings (SSSR count). The van der Waals surface area contributed by atoms with Crippen LogP contribution in [0.25, 0.3) is 11.0 Å². The molecule has 0 atom stereocenters. The minimum absolute atomic E-state index is 0.0437. The van der Waals surface area contributed by atoms with E-state index in [1.54, 1.807) is 12.1 Å². The van der Waals surface area contributed by atoms with E-state index in [0.29, 0.717) is 16.7 Å². The Morgan fingerprint density at radius 2 is 1.96 bits per heavy atom. The molecule has 5 N–H and O–H groups in total. The Morgan fingerprint density at radius 3 is 2.67 bits per heavy atom. The van der Waals surface area contributed by atoms with Gasteiger partial charge in [0, 0.05) is 12.1 Å². The first kappa shape index (κ1) is 19.0. The third-order valence-electron chi connectivity index (χ3n) is 4.09. The molecule has 0 unspecified atom stereocenters. The molecular formula is C17H17ClN4O4S. The number of nitrogens with two attached hydrogens (primary N) is 2. The number of fused-ring (bicyclic) bond motifs is 1. The van der Waals surface area contributed by atoms with Crippen LogP contribution in [0.4, 0.5) is 11.4 Å². The molecule has 0 aliphatic carbocycles. The van der Waals surface area contributed by atoms with Crippen LogP contribution in [-0.4, -0.2) is 28.5 Å². The van der Waals surface area contributed by atoms with E-state index >= 15 is 0 Å². The molecule has 1 aromatic carbocycles. The fourth-order valence-corrected chi connectivity index (χ4v) is 4.72. The zero-order valence-corrected chi connectivity index (χ0v) is 15.7. The molecule has 2 heterocycles. The van der Waals surface area contributed by atoms with Gasteiger partial charge in [0.25, 0.3) is 10.0 Å². The third kappa shape index (κ3) is 3.56. The van der Waals surface area contributed by atoms with Gasteiger partial charge in [0.1, 0.15) is 10.0 Å². The highest BCUT2D eigenvalue weighted by Crippen LogP contribution is 2.31. The maximum Gasteiger partial charge on any atom is 0.303 e. The molecule has 10 heteroatoms. The summed E-state index contributed by atoms with van der Waals surface area (Å²) >= 11 is 5.92. The van der Waals surface area contributed by atoms with E-state index in [1.165, 1.54) is 24.3 Å². The van der Waals surface area contributed by atoms with Crippen LogP contribution in [0.3, 0.4) is 0 Å². The summed E-state index contributed by atoms with van der Waals surface area (Å²) < 4.78 is 27.8. The number of carboxylic acids is 1. The summed E-state index contributed by atoms with van der Waals surface area (Å²) in [5, 5.41) is 9.08. The van der Waals surface area contributed by atoms with Crippen LogP contribution in [0.5, 0.6) is 0 Å². The second-order valence-electron chi connectivity index (χ2n) is 5.95. The highest BCUT2D eigenvalue weighted by molar-refractivity contribution is 7.90. The smallest absolute Gasteiger partial charge is 0.303 e. The van der Waals surface area contributed by atoms with E-state index < -0.39 is 16.0 Å². The SMILES string of the molecule is Nc1cccc(S(=O)(=O)n2c(CCCC(=O)O)cc3nc(Cl)ccc32)c1N. The van der Waals surface area contributed by atoms with Crippen LogP contribution < -0.4 is 11.5 Å². The third-order valence-corrected chi connectivity index (χ3v) is 6.13. The molecule has 0 saturated carbocycles. The van der Waals surface area contributed by atoms with Gasteiger partial charge in [-0.2, -0.15) is 0 Å². The number of aliphatic carboxylic acids is 1. The number of benzene rings is 1. The van der Waals surface area contributed by atoms with E-state index in [0.717, 1.165) is 3.97 Å². The molecule has 0 fully saturated rings. The lowest BCUT2D eigenvalue weighted by atomic mass is 10.2. The number of pyridine rings is 1. The monoisotopic (exact) mass is 408 g/mol. The fourth-order valence-electron chi connectivity index (χ4n) is 2.85. The summed E-state index contributed by atoms with van der Waals surface area (Å²) in [5.41, 5.74) is 12.9. The molecule has 0 spiro atoms. The summed E-state index contributed by atoms with van der Waals surface area (Å²) in [6.07, 6.45) is 0.402. The highest BCUT2D eigenvalue weighted by atomic mass is 35.5. The number of nitrogen functional groups attached to an aromatic ring is 2. The van der Waals surface area contributed by atoms with Crippen molar-refractivity contribution in [2.75, 3.05) is 11.5 Å². The first-order valence-electron chi connectivity index (χ1n) is 8.00. The number of aryl methyl sites for hydroxylation is 1. The summed E-state index contributed by atoms with van der Waals surface area (Å²) in [5.74, 6) is -0.957. The number of aromatic nitrogens is 2. The van der Waals surface area contributed by atoms with Gasteiger partial charge in [0.2, 0.25) is 0 Å². The van der Waals surface area contributed by atoms with Gasteiger partial charge in [0.15, 0.2) is 0 Å². The van der Waals surface area contributed by atoms with Crippen LogP contribution in [-0.2, 0) is 21.2 Å². The van der Waals surface area contributed by atoms with E-state index in [1.807, 2.05) is 0 Å². The summed E-state index contributed by atoms with van der Waals surface area (Å²) in [7, 11) is -4.09. The maximum atomic E-state index is 13.3. The van der Waals surface area contributed by atoms with Crippen molar-refractivity contribution in [3.8, 4) is 0 Å². The van der Waals surface area contributed by atoms with Crippen molar-refractivity contribution < 1.29 is 18.3 Å². The number of halogens is 1. The predicted octanol–water partition coefficient (Wildman–Crippen LogP) is 2.50. The lowest BCUT2D eigenvalue weighted by Crippen LogP contribution is -2.18. The molecule has 2 aromatic heterocycles. The second kappa shape index (κ2) is 7.09. The molecular weight excluding hydrogens is 392 g/mol. The Morgan fingerprint density at radius 1 is 1.22 bits per heavy atom. The molecule has 142 valence electrons. The Balaban J connectivity index is 2.21. The van der Waals surface area contributed by atoms with Gasteiger partial charge < -0.3 is 16.6 Å².